The van der Waals surface area contributed by atoms with Gasteiger partial charge >= 0.3 is 5.97 Å². The van der Waals surface area contributed by atoms with Crippen molar-refractivity contribution in [1.29, 1.82) is 0 Å². The maximum atomic E-state index is 10.7. The Morgan fingerprint density at radius 3 is 2.79 bits per heavy atom. The predicted octanol–water partition coefficient (Wildman–Crippen LogP) is 0.622. The number of aliphatic carboxylic acids is 1. The number of hydrogen-bond donors (Lipinski definition) is 2. The highest BCUT2D eigenvalue weighted by atomic mass is 32.1. The third kappa shape index (κ3) is 3.22. The summed E-state index contributed by atoms with van der Waals surface area (Å²) in [5, 5.41) is 12.8. The van der Waals surface area contributed by atoms with Crippen LogP contribution in [0.1, 0.15) is 4.88 Å². The molecule has 0 saturated carbocycles. The Morgan fingerprint density at radius 1 is 1.64 bits per heavy atom. The Hall–Kier alpha value is -1.30. The van der Waals surface area contributed by atoms with Crippen LogP contribution in [0.3, 0.4) is 0 Å². The summed E-state index contributed by atoms with van der Waals surface area (Å²) in [7, 11) is 4.85. The zero-order chi connectivity index (χ0) is 10.6. The van der Waals surface area contributed by atoms with E-state index in [0.717, 1.165) is 4.88 Å². The summed E-state index contributed by atoms with van der Waals surface area (Å²) in [6, 6.07) is 2.68. The SMILES string of the molecule is [B]C(=O)N[C@H](Cc1cccs1)C(=O)O. The van der Waals surface area contributed by atoms with E-state index in [1.54, 1.807) is 0 Å². The number of carboxylic acid groups (broad SMARTS) is 1. The van der Waals surface area contributed by atoms with Crippen LogP contribution < -0.4 is 5.32 Å². The highest BCUT2D eigenvalue weighted by Gasteiger charge is 2.18. The first-order valence-electron chi connectivity index (χ1n) is 3.90. The maximum absolute atomic E-state index is 10.7. The van der Waals surface area contributed by atoms with Gasteiger partial charge in [0.1, 0.15) is 6.04 Å². The van der Waals surface area contributed by atoms with Crippen LogP contribution in [-0.2, 0) is 11.2 Å². The second kappa shape index (κ2) is 4.81. The minimum absolute atomic E-state index is 0.260. The number of rotatable bonds is 4. The smallest absolute Gasteiger partial charge is 0.326 e. The summed E-state index contributed by atoms with van der Waals surface area (Å²) < 4.78 is 0. The lowest BCUT2D eigenvalue weighted by molar-refractivity contribution is -0.139. The van der Waals surface area contributed by atoms with Gasteiger partial charge in [-0.25, -0.2) is 4.79 Å². The summed E-state index contributed by atoms with van der Waals surface area (Å²) in [4.78, 5) is 22.1. The lowest BCUT2D eigenvalue weighted by Crippen LogP contribution is -2.41. The summed E-state index contributed by atoms with van der Waals surface area (Å²) in [5.41, 5.74) is 0. The van der Waals surface area contributed by atoms with E-state index in [1.165, 1.54) is 11.3 Å². The molecule has 1 amide bonds. The van der Waals surface area contributed by atoms with Crippen molar-refractivity contribution in [2.75, 3.05) is 0 Å². The maximum Gasteiger partial charge on any atom is 0.326 e. The average Bonchev–Trinajstić information content (AvgIpc) is 2.54. The quantitative estimate of drug-likeness (QED) is 0.714. The first-order valence-corrected chi connectivity index (χ1v) is 4.78. The summed E-state index contributed by atoms with van der Waals surface area (Å²) in [5.74, 6) is -1.91. The van der Waals surface area contributed by atoms with Gasteiger partial charge in [0, 0.05) is 11.3 Å². The molecule has 1 rings (SSSR count). The van der Waals surface area contributed by atoms with Crippen molar-refractivity contribution < 1.29 is 14.7 Å². The number of amides is 1. The fourth-order valence-electron chi connectivity index (χ4n) is 1.00. The molecule has 6 heteroatoms. The highest BCUT2D eigenvalue weighted by molar-refractivity contribution is 7.09. The summed E-state index contributed by atoms with van der Waals surface area (Å²) >= 11 is 1.44. The molecule has 0 saturated heterocycles. The van der Waals surface area contributed by atoms with Crippen molar-refractivity contribution >= 4 is 31.0 Å². The average molecular weight is 209 g/mol. The van der Waals surface area contributed by atoms with Crippen molar-refractivity contribution in [3.63, 3.8) is 0 Å². The summed E-state index contributed by atoms with van der Waals surface area (Å²) in [6.45, 7) is 0. The molecule has 0 aliphatic carbocycles. The number of carbonyl (C=O) groups excluding carboxylic acids is 1. The minimum Gasteiger partial charge on any atom is -0.480 e. The molecule has 0 unspecified atom stereocenters. The van der Waals surface area contributed by atoms with Crippen LogP contribution in [0.5, 0.6) is 0 Å². The molecule has 4 nitrogen and oxygen atoms in total. The zero-order valence-electron chi connectivity index (χ0n) is 7.27. The number of carboxylic acids is 1. The monoisotopic (exact) mass is 209 g/mol. The molecule has 2 radical (unpaired) electrons. The molecule has 72 valence electrons. The Balaban J connectivity index is 2.60. The van der Waals surface area contributed by atoms with Crippen molar-refractivity contribution in [2.24, 2.45) is 0 Å². The molecule has 1 heterocycles. The third-order valence-corrected chi connectivity index (χ3v) is 2.50. The van der Waals surface area contributed by atoms with Crippen molar-refractivity contribution in [1.82, 2.24) is 5.32 Å². The molecule has 0 fully saturated rings. The Bertz CT molecular complexity index is 325. The van der Waals surface area contributed by atoms with Crippen LogP contribution in [-0.4, -0.2) is 30.8 Å². The number of thiophene rings is 1. The van der Waals surface area contributed by atoms with Crippen LogP contribution in [0.4, 0.5) is 4.79 Å². The van der Waals surface area contributed by atoms with Gasteiger partial charge in [-0.15, -0.1) is 11.3 Å². The standard InChI is InChI=1S/C8H8BNO3S/c9-8(13)10-6(7(11)12)4-5-2-1-3-14-5/h1-3,6H,4H2,(H,10,13)(H,11,12)/t6-/m1/s1. The fourth-order valence-corrected chi connectivity index (χ4v) is 1.75. The third-order valence-electron chi connectivity index (χ3n) is 1.60. The first kappa shape index (κ1) is 10.8. The van der Waals surface area contributed by atoms with Gasteiger partial charge in [-0.2, -0.15) is 0 Å². The molecular formula is C8H8BNO3S. The number of nitrogens with one attached hydrogen (secondary N) is 1. The van der Waals surface area contributed by atoms with E-state index in [2.05, 4.69) is 5.32 Å². The van der Waals surface area contributed by atoms with Gasteiger partial charge in [0.25, 0.3) is 0 Å². The molecule has 0 aromatic carbocycles. The minimum atomic E-state index is -1.09. The topological polar surface area (TPSA) is 66.4 Å². The molecule has 1 atom stereocenters. The first-order chi connectivity index (χ1) is 6.59. The number of hydrogen-bond acceptors (Lipinski definition) is 3. The molecule has 1 aromatic rings. The van der Waals surface area contributed by atoms with E-state index in [4.69, 9.17) is 13.0 Å². The molecule has 1 aromatic heterocycles. The lowest BCUT2D eigenvalue weighted by Gasteiger charge is -2.11. The largest absolute Gasteiger partial charge is 0.480 e. The molecule has 14 heavy (non-hydrogen) atoms. The number of carbonyl (C=O) groups is 2. The lowest BCUT2D eigenvalue weighted by atomic mass is 10.1. The highest BCUT2D eigenvalue weighted by Crippen LogP contribution is 2.11. The van der Waals surface area contributed by atoms with Gasteiger partial charge in [0.15, 0.2) is 5.81 Å². The van der Waals surface area contributed by atoms with Crippen LogP contribution >= 0.6 is 11.3 Å². The zero-order valence-corrected chi connectivity index (χ0v) is 8.08. The fraction of sp³-hybridized carbons (Fsp3) is 0.250. The molecule has 0 bridgehead atoms. The van der Waals surface area contributed by atoms with Gasteiger partial charge in [-0.05, 0) is 11.4 Å². The second-order valence-electron chi connectivity index (χ2n) is 2.68. The van der Waals surface area contributed by atoms with E-state index in [-0.39, 0.29) is 6.42 Å². The van der Waals surface area contributed by atoms with Crippen LogP contribution in [0.15, 0.2) is 17.5 Å². The second-order valence-corrected chi connectivity index (χ2v) is 3.72. The van der Waals surface area contributed by atoms with Gasteiger partial charge in [0.05, 0.1) is 0 Å². The van der Waals surface area contributed by atoms with Gasteiger partial charge in [0.2, 0.25) is 7.85 Å². The van der Waals surface area contributed by atoms with Gasteiger partial charge < -0.3 is 10.4 Å². The Morgan fingerprint density at radius 2 is 2.36 bits per heavy atom. The van der Waals surface area contributed by atoms with E-state index in [0.29, 0.717) is 0 Å². The predicted molar refractivity (Wildman–Crippen MR) is 53.7 cm³/mol. The van der Waals surface area contributed by atoms with E-state index in [1.807, 2.05) is 17.5 Å². The van der Waals surface area contributed by atoms with Crippen LogP contribution in [0.25, 0.3) is 0 Å². The Kier molecular flexibility index (Phi) is 3.70. The van der Waals surface area contributed by atoms with E-state index < -0.39 is 17.8 Å². The van der Waals surface area contributed by atoms with Crippen molar-refractivity contribution in [3.05, 3.63) is 22.4 Å². The van der Waals surface area contributed by atoms with Crippen molar-refractivity contribution in [2.45, 2.75) is 12.5 Å². The summed E-state index contributed by atoms with van der Waals surface area (Å²) in [6.07, 6.45) is 0.260. The molecular weight excluding hydrogens is 201 g/mol. The van der Waals surface area contributed by atoms with E-state index >= 15 is 0 Å². The Labute approximate surface area is 86.4 Å². The van der Waals surface area contributed by atoms with E-state index in [9.17, 15) is 9.59 Å². The molecule has 0 aliphatic heterocycles. The normalized spacial score (nSPS) is 12.0. The molecule has 0 spiro atoms. The van der Waals surface area contributed by atoms with Crippen molar-refractivity contribution in [3.8, 4) is 0 Å². The van der Waals surface area contributed by atoms with Gasteiger partial charge in [-0.3, -0.25) is 4.79 Å². The molecule has 2 N–H and O–H groups in total. The van der Waals surface area contributed by atoms with Gasteiger partial charge in [-0.1, -0.05) is 6.07 Å². The van der Waals surface area contributed by atoms with Crippen LogP contribution in [0, 0.1) is 0 Å². The van der Waals surface area contributed by atoms with Crippen LogP contribution in [0.2, 0.25) is 0 Å². The molecule has 0 aliphatic rings.